The molecule has 24 heavy (non-hydrogen) atoms. The lowest BCUT2D eigenvalue weighted by atomic mass is 10.1. The number of amides is 1. The van der Waals surface area contributed by atoms with Crippen LogP contribution in [0, 0.1) is 6.92 Å². The van der Waals surface area contributed by atoms with E-state index in [4.69, 9.17) is 23.2 Å². The number of nitrogens with zero attached hydrogens (tertiary/aromatic N) is 1. The molecule has 1 N–H and O–H groups in total. The van der Waals surface area contributed by atoms with E-state index in [0.29, 0.717) is 21.3 Å². The Morgan fingerprint density at radius 1 is 1.04 bits per heavy atom. The Balaban J connectivity index is 1.98. The predicted octanol–water partition coefficient (Wildman–Crippen LogP) is 5.11. The van der Waals surface area contributed by atoms with Gasteiger partial charge in [0.05, 0.1) is 10.0 Å². The summed E-state index contributed by atoms with van der Waals surface area (Å²) in [7, 11) is 0. The normalized spacial score (nSPS) is 11.1. The number of oxime groups is 1. The molecule has 0 spiro atoms. The van der Waals surface area contributed by atoms with Crippen molar-refractivity contribution < 1.29 is 14.4 Å². The van der Waals surface area contributed by atoms with Crippen LogP contribution in [-0.4, -0.2) is 17.6 Å². The molecule has 0 aliphatic rings. The van der Waals surface area contributed by atoms with Crippen molar-refractivity contribution in [3.63, 3.8) is 0 Å². The molecule has 0 aromatic heterocycles. The van der Waals surface area contributed by atoms with E-state index in [-0.39, 0.29) is 11.5 Å². The van der Waals surface area contributed by atoms with Crippen molar-refractivity contribution in [2.45, 2.75) is 13.8 Å². The van der Waals surface area contributed by atoms with Crippen LogP contribution in [0.15, 0.2) is 47.6 Å². The van der Waals surface area contributed by atoms with Gasteiger partial charge in [0.25, 0.3) is 0 Å². The van der Waals surface area contributed by atoms with E-state index in [1.807, 2.05) is 19.1 Å². The lowest BCUT2D eigenvalue weighted by Gasteiger charge is -2.05. The van der Waals surface area contributed by atoms with Gasteiger partial charge in [0.15, 0.2) is 0 Å². The van der Waals surface area contributed by atoms with Gasteiger partial charge < -0.3 is 0 Å². The molecule has 0 atom stereocenters. The molecule has 0 saturated heterocycles. The van der Waals surface area contributed by atoms with Crippen molar-refractivity contribution in [2.24, 2.45) is 5.16 Å². The number of Topliss-reactive ketones (excluding diaryl/α,β-unsaturated/α-hetero) is 1. The summed E-state index contributed by atoms with van der Waals surface area (Å²) >= 11 is 11.6. The molecule has 0 fully saturated rings. The number of ketones is 1. The highest BCUT2D eigenvalue weighted by Gasteiger charge is 2.11. The second kappa shape index (κ2) is 7.95. The minimum atomic E-state index is -0.843. The minimum absolute atomic E-state index is 0.0585. The molecular weight excluding hydrogens is 351 g/mol. The highest BCUT2D eigenvalue weighted by molar-refractivity contribution is 6.45. The van der Waals surface area contributed by atoms with Gasteiger partial charge in [0.2, 0.25) is 5.78 Å². The fraction of sp³-hybridized carbons (Fsp3) is 0.118. The maximum atomic E-state index is 12.1. The Kier molecular flexibility index (Phi) is 5.95. The van der Waals surface area contributed by atoms with E-state index in [0.717, 1.165) is 5.56 Å². The molecule has 0 saturated carbocycles. The van der Waals surface area contributed by atoms with E-state index < -0.39 is 6.09 Å². The van der Waals surface area contributed by atoms with Crippen LogP contribution in [0.2, 0.25) is 10.0 Å². The topological polar surface area (TPSA) is 67.8 Å². The second-order valence-electron chi connectivity index (χ2n) is 5.00. The number of rotatable bonds is 4. The summed E-state index contributed by atoms with van der Waals surface area (Å²) in [5.41, 5.74) is 1.96. The molecule has 0 bridgehead atoms. The van der Waals surface area contributed by atoms with Crippen molar-refractivity contribution in [1.82, 2.24) is 0 Å². The first kappa shape index (κ1) is 18.0. The Morgan fingerprint density at radius 3 is 2.33 bits per heavy atom. The van der Waals surface area contributed by atoms with Gasteiger partial charge in [-0.05, 0) is 32.0 Å². The number of halogens is 2. The van der Waals surface area contributed by atoms with E-state index >= 15 is 0 Å². The largest absolute Gasteiger partial charge is 0.437 e. The molecule has 2 rings (SSSR count). The van der Waals surface area contributed by atoms with Gasteiger partial charge >= 0.3 is 6.09 Å². The zero-order valence-corrected chi connectivity index (χ0v) is 14.5. The number of carbonyl (C=O) groups excluding carboxylic acids is 2. The van der Waals surface area contributed by atoms with Crippen LogP contribution in [0.5, 0.6) is 0 Å². The van der Waals surface area contributed by atoms with Crippen LogP contribution in [0.4, 0.5) is 10.5 Å². The maximum absolute atomic E-state index is 12.1. The Labute approximate surface area is 149 Å². The van der Waals surface area contributed by atoms with Crippen LogP contribution in [0.3, 0.4) is 0 Å². The zero-order valence-electron chi connectivity index (χ0n) is 13.0. The van der Waals surface area contributed by atoms with Crippen LogP contribution in [0.25, 0.3) is 0 Å². The van der Waals surface area contributed by atoms with Crippen molar-refractivity contribution in [3.8, 4) is 0 Å². The Bertz CT molecular complexity index is 802. The van der Waals surface area contributed by atoms with Gasteiger partial charge in [-0.15, -0.1) is 0 Å². The third-order valence-electron chi connectivity index (χ3n) is 3.07. The summed E-state index contributed by atoms with van der Waals surface area (Å²) in [5, 5.41) is 6.65. The smallest absolute Gasteiger partial charge is 0.297 e. The van der Waals surface area contributed by atoms with Gasteiger partial charge in [-0.2, -0.15) is 0 Å². The number of carbonyl (C=O) groups is 2. The molecule has 0 radical (unpaired) electrons. The fourth-order valence-corrected chi connectivity index (χ4v) is 2.08. The molecule has 124 valence electrons. The third kappa shape index (κ3) is 4.81. The van der Waals surface area contributed by atoms with Crippen LogP contribution in [0.1, 0.15) is 22.8 Å². The van der Waals surface area contributed by atoms with Crippen LogP contribution >= 0.6 is 23.2 Å². The number of hydrogen-bond acceptors (Lipinski definition) is 4. The summed E-state index contributed by atoms with van der Waals surface area (Å²) in [6, 6.07) is 11.6. The van der Waals surface area contributed by atoms with Crippen LogP contribution < -0.4 is 5.32 Å². The summed E-state index contributed by atoms with van der Waals surface area (Å²) < 4.78 is 0. The Hall–Kier alpha value is -2.37. The number of aryl methyl sites for hydroxylation is 1. The quantitative estimate of drug-likeness (QED) is 0.354. The fourth-order valence-electron chi connectivity index (χ4n) is 1.78. The molecule has 5 nitrogen and oxygen atoms in total. The lowest BCUT2D eigenvalue weighted by Crippen LogP contribution is -2.15. The number of hydrogen-bond donors (Lipinski definition) is 1. The van der Waals surface area contributed by atoms with E-state index in [9.17, 15) is 9.59 Å². The van der Waals surface area contributed by atoms with Gasteiger partial charge in [0, 0.05) is 11.3 Å². The number of anilines is 1. The van der Waals surface area contributed by atoms with E-state index in [1.165, 1.54) is 19.1 Å². The number of benzene rings is 2. The molecule has 2 aromatic rings. The second-order valence-corrected chi connectivity index (χ2v) is 5.82. The van der Waals surface area contributed by atoms with Gasteiger partial charge in [0.1, 0.15) is 5.71 Å². The molecule has 1 amide bonds. The monoisotopic (exact) mass is 364 g/mol. The van der Waals surface area contributed by atoms with E-state index in [1.54, 1.807) is 18.2 Å². The SMILES string of the molecule is C/C(=N/OC(=O)Nc1ccc(Cl)c(Cl)c1)C(=O)c1ccc(C)cc1. The molecule has 2 aromatic carbocycles. The van der Waals surface area contributed by atoms with Crippen molar-refractivity contribution in [2.75, 3.05) is 5.32 Å². The Morgan fingerprint density at radius 2 is 1.71 bits per heavy atom. The zero-order chi connectivity index (χ0) is 17.7. The molecule has 0 unspecified atom stereocenters. The predicted molar refractivity (Wildman–Crippen MR) is 95.2 cm³/mol. The molecule has 0 aliphatic carbocycles. The number of nitrogens with one attached hydrogen (secondary N) is 1. The molecule has 7 heteroatoms. The maximum Gasteiger partial charge on any atom is 0.437 e. The molecule has 0 heterocycles. The van der Waals surface area contributed by atoms with Crippen molar-refractivity contribution >= 4 is 46.5 Å². The summed E-state index contributed by atoms with van der Waals surface area (Å²) in [5.74, 6) is -0.322. The lowest BCUT2D eigenvalue weighted by molar-refractivity contribution is 0.105. The third-order valence-corrected chi connectivity index (χ3v) is 3.81. The first-order valence-corrected chi connectivity index (χ1v) is 7.71. The molecular formula is C17H14Cl2N2O3. The van der Waals surface area contributed by atoms with E-state index in [2.05, 4.69) is 15.3 Å². The molecule has 0 aliphatic heterocycles. The first-order chi connectivity index (χ1) is 11.4. The van der Waals surface area contributed by atoms with Gasteiger partial charge in [-0.25, -0.2) is 4.79 Å². The highest BCUT2D eigenvalue weighted by atomic mass is 35.5. The van der Waals surface area contributed by atoms with Crippen LogP contribution in [-0.2, 0) is 4.84 Å². The van der Waals surface area contributed by atoms with Crippen molar-refractivity contribution in [3.05, 3.63) is 63.6 Å². The first-order valence-electron chi connectivity index (χ1n) is 6.96. The standard InChI is InChI=1S/C17H14Cl2N2O3/c1-10-3-5-12(6-4-10)16(22)11(2)21-24-17(23)20-13-7-8-14(18)15(19)9-13/h3-9H,1-2H3,(H,20,23)/b21-11-. The summed E-state index contributed by atoms with van der Waals surface area (Å²) in [6.07, 6.45) is -0.843. The van der Waals surface area contributed by atoms with Gasteiger partial charge in [-0.3, -0.25) is 14.9 Å². The average Bonchev–Trinajstić information content (AvgIpc) is 2.56. The summed E-state index contributed by atoms with van der Waals surface area (Å²) in [6.45, 7) is 3.39. The average molecular weight is 365 g/mol. The summed E-state index contributed by atoms with van der Waals surface area (Å²) in [4.78, 5) is 28.5. The highest BCUT2D eigenvalue weighted by Crippen LogP contribution is 2.25. The van der Waals surface area contributed by atoms with Gasteiger partial charge in [-0.1, -0.05) is 58.2 Å². The minimum Gasteiger partial charge on any atom is -0.297 e. The van der Waals surface area contributed by atoms with Crippen molar-refractivity contribution in [1.29, 1.82) is 0 Å².